The van der Waals surface area contributed by atoms with Gasteiger partial charge in [-0.1, -0.05) is 59.6 Å². The molecule has 0 atom stereocenters. The van der Waals surface area contributed by atoms with Crippen LogP contribution in [0, 0.1) is 5.82 Å². The number of aliphatic imine (C=N–C) groups is 1. The quantitative estimate of drug-likeness (QED) is 0.309. The summed E-state index contributed by atoms with van der Waals surface area (Å²) in [6.45, 7) is 0.555. The zero-order chi connectivity index (χ0) is 22.9. The highest BCUT2D eigenvalue weighted by molar-refractivity contribution is 8.18. The second kappa shape index (κ2) is 9.06. The smallest absolute Gasteiger partial charge is 0.264 e. The number of carbonyl (C=O) groups excluding carboxylic acids is 1. The number of nitrogens with one attached hydrogen (secondary N) is 1. The van der Waals surface area contributed by atoms with Crippen molar-refractivity contribution in [2.75, 3.05) is 0 Å². The molecule has 1 N–H and O–H groups in total. The zero-order valence-corrected chi connectivity index (χ0v) is 19.4. The third kappa shape index (κ3) is 4.55. The van der Waals surface area contributed by atoms with Crippen LogP contribution in [0.2, 0.25) is 10.0 Å². The van der Waals surface area contributed by atoms with Gasteiger partial charge in [0.15, 0.2) is 5.17 Å². The molecule has 1 aromatic heterocycles. The molecule has 0 aliphatic carbocycles. The molecular weight excluding hydrogens is 480 g/mol. The van der Waals surface area contributed by atoms with Crippen molar-refractivity contribution in [1.82, 2.24) is 9.88 Å². The number of hydrogen-bond acceptors (Lipinski definition) is 3. The van der Waals surface area contributed by atoms with Gasteiger partial charge in [0.05, 0.1) is 4.91 Å². The van der Waals surface area contributed by atoms with Gasteiger partial charge < -0.3 is 9.88 Å². The van der Waals surface area contributed by atoms with Gasteiger partial charge in [-0.2, -0.15) is 0 Å². The molecule has 1 fully saturated rings. The van der Waals surface area contributed by atoms with E-state index in [0.717, 1.165) is 22.0 Å². The summed E-state index contributed by atoms with van der Waals surface area (Å²) >= 11 is 13.6. The molecule has 4 nitrogen and oxygen atoms in total. The molecule has 1 amide bonds. The number of rotatable bonds is 4. The number of thioether (sulfide) groups is 1. The van der Waals surface area contributed by atoms with Gasteiger partial charge in [-0.25, -0.2) is 9.38 Å². The van der Waals surface area contributed by atoms with E-state index in [1.807, 2.05) is 48.7 Å². The average molecular weight is 496 g/mol. The molecule has 5 rings (SSSR count). The van der Waals surface area contributed by atoms with Crippen LogP contribution in [0.3, 0.4) is 0 Å². The van der Waals surface area contributed by atoms with E-state index in [-0.39, 0.29) is 11.6 Å². The fourth-order valence-electron chi connectivity index (χ4n) is 3.63. The Hall–Kier alpha value is -3.06. The number of halogens is 3. The molecule has 4 aromatic rings. The average Bonchev–Trinajstić information content (AvgIpc) is 3.32. The molecule has 1 saturated heterocycles. The number of amides is 1. The molecule has 0 spiro atoms. The Labute approximate surface area is 203 Å². The Kier molecular flexibility index (Phi) is 5.98. The van der Waals surface area contributed by atoms with Gasteiger partial charge in [0.2, 0.25) is 0 Å². The van der Waals surface area contributed by atoms with Crippen LogP contribution in [-0.4, -0.2) is 15.6 Å². The Balaban J connectivity index is 1.49. The second-order valence-corrected chi connectivity index (χ2v) is 9.27. The number of fused-ring (bicyclic) bond motifs is 1. The largest absolute Gasteiger partial charge is 0.342 e. The Morgan fingerprint density at radius 3 is 2.67 bits per heavy atom. The van der Waals surface area contributed by atoms with Gasteiger partial charge >= 0.3 is 0 Å². The standard InChI is InChI=1S/C25H16Cl2FN3OS/c26-17-10-9-15(19(27)12-17)13-31-14-16(18-5-1-4-8-22(18)31)11-23-24(32)30-25(33-23)29-21-7-3-2-6-20(21)28/h1-12,14H,13H2,(H,29,30,32)/b23-11-. The van der Waals surface area contributed by atoms with E-state index in [9.17, 15) is 9.18 Å². The summed E-state index contributed by atoms with van der Waals surface area (Å²) < 4.78 is 16.0. The predicted molar refractivity (Wildman–Crippen MR) is 135 cm³/mol. The predicted octanol–water partition coefficient (Wildman–Crippen LogP) is 7.03. The lowest BCUT2D eigenvalue weighted by atomic mass is 10.1. The maximum Gasteiger partial charge on any atom is 0.264 e. The van der Waals surface area contributed by atoms with Crippen LogP contribution >= 0.6 is 35.0 Å². The summed E-state index contributed by atoms with van der Waals surface area (Å²) in [5, 5.41) is 5.24. The van der Waals surface area contributed by atoms with Gasteiger partial charge in [-0.3, -0.25) is 4.79 Å². The summed E-state index contributed by atoms with van der Waals surface area (Å²) in [5.41, 5.74) is 3.02. The molecular formula is C25H16Cl2FN3OS. The number of nitrogens with zero attached hydrogens (tertiary/aromatic N) is 2. The van der Waals surface area contributed by atoms with Gasteiger partial charge in [0.1, 0.15) is 11.5 Å². The van der Waals surface area contributed by atoms with Crippen molar-refractivity contribution in [3.63, 3.8) is 0 Å². The highest BCUT2D eigenvalue weighted by Crippen LogP contribution is 2.32. The van der Waals surface area contributed by atoms with Crippen molar-refractivity contribution in [2.45, 2.75) is 6.54 Å². The number of amidine groups is 1. The van der Waals surface area contributed by atoms with E-state index < -0.39 is 5.82 Å². The normalized spacial score (nSPS) is 16.2. The SMILES string of the molecule is O=C1NC(=Nc2ccccc2F)S/C1=C\c1cn(Cc2ccc(Cl)cc2Cl)c2ccccc12. The molecule has 0 bridgehead atoms. The third-order valence-electron chi connectivity index (χ3n) is 5.19. The maximum atomic E-state index is 13.9. The molecule has 0 saturated carbocycles. The summed E-state index contributed by atoms with van der Waals surface area (Å²) in [4.78, 5) is 17.3. The summed E-state index contributed by atoms with van der Waals surface area (Å²) in [7, 11) is 0. The molecule has 8 heteroatoms. The summed E-state index contributed by atoms with van der Waals surface area (Å²) in [6, 6.07) is 19.6. The Morgan fingerprint density at radius 2 is 1.85 bits per heavy atom. The Morgan fingerprint density at radius 1 is 1.06 bits per heavy atom. The van der Waals surface area contributed by atoms with Crippen molar-refractivity contribution in [2.24, 2.45) is 4.99 Å². The molecule has 3 aromatic carbocycles. The van der Waals surface area contributed by atoms with E-state index >= 15 is 0 Å². The number of aromatic nitrogens is 1. The molecule has 1 aliphatic rings. The van der Waals surface area contributed by atoms with Crippen LogP contribution in [0.25, 0.3) is 17.0 Å². The molecule has 0 radical (unpaired) electrons. The van der Waals surface area contributed by atoms with Gasteiger partial charge in [-0.05, 0) is 53.7 Å². The minimum absolute atomic E-state index is 0.179. The topological polar surface area (TPSA) is 46.4 Å². The fourth-order valence-corrected chi connectivity index (χ4v) is 4.92. The van der Waals surface area contributed by atoms with Crippen LogP contribution in [0.4, 0.5) is 10.1 Å². The molecule has 33 heavy (non-hydrogen) atoms. The lowest BCUT2D eigenvalue weighted by molar-refractivity contribution is -0.115. The first-order valence-corrected chi connectivity index (χ1v) is 11.6. The first-order valence-electron chi connectivity index (χ1n) is 10.0. The van der Waals surface area contributed by atoms with E-state index in [0.29, 0.717) is 26.7 Å². The number of hydrogen-bond donors (Lipinski definition) is 1. The third-order valence-corrected chi connectivity index (χ3v) is 6.68. The number of carbonyl (C=O) groups is 1. The monoisotopic (exact) mass is 495 g/mol. The fraction of sp³-hybridized carbons (Fsp3) is 0.0400. The first kappa shape index (κ1) is 21.8. The number of benzene rings is 3. The van der Waals surface area contributed by atoms with Gasteiger partial charge in [-0.15, -0.1) is 0 Å². The van der Waals surface area contributed by atoms with Crippen LogP contribution in [0.15, 0.2) is 82.8 Å². The molecule has 2 heterocycles. The van der Waals surface area contributed by atoms with Crippen molar-refractivity contribution in [3.05, 3.63) is 105 Å². The Bertz CT molecular complexity index is 1460. The minimum Gasteiger partial charge on any atom is -0.342 e. The summed E-state index contributed by atoms with van der Waals surface area (Å²) in [5.74, 6) is -0.714. The van der Waals surface area contributed by atoms with Crippen molar-refractivity contribution in [3.8, 4) is 0 Å². The first-order chi connectivity index (χ1) is 16.0. The maximum absolute atomic E-state index is 13.9. The van der Waals surface area contributed by atoms with Crippen LogP contribution in [0.1, 0.15) is 11.1 Å². The second-order valence-electron chi connectivity index (χ2n) is 7.40. The van der Waals surface area contributed by atoms with Crippen molar-refractivity contribution < 1.29 is 9.18 Å². The lowest BCUT2D eigenvalue weighted by Gasteiger charge is -2.08. The van der Waals surface area contributed by atoms with Crippen molar-refractivity contribution in [1.29, 1.82) is 0 Å². The zero-order valence-electron chi connectivity index (χ0n) is 17.1. The van der Waals surface area contributed by atoms with Gasteiger partial charge in [0.25, 0.3) is 5.91 Å². The minimum atomic E-state index is -0.443. The van der Waals surface area contributed by atoms with Crippen molar-refractivity contribution >= 4 is 68.7 Å². The molecule has 0 unspecified atom stereocenters. The van der Waals surface area contributed by atoms with E-state index in [1.54, 1.807) is 24.3 Å². The number of para-hydroxylation sites is 2. The van der Waals surface area contributed by atoms with Crippen LogP contribution in [0.5, 0.6) is 0 Å². The highest BCUT2D eigenvalue weighted by Gasteiger charge is 2.25. The summed E-state index contributed by atoms with van der Waals surface area (Å²) in [6.07, 6.45) is 3.81. The van der Waals surface area contributed by atoms with Crippen LogP contribution in [-0.2, 0) is 11.3 Å². The molecule has 1 aliphatic heterocycles. The highest BCUT2D eigenvalue weighted by atomic mass is 35.5. The molecule has 164 valence electrons. The van der Waals surface area contributed by atoms with E-state index in [4.69, 9.17) is 23.2 Å². The van der Waals surface area contributed by atoms with E-state index in [1.165, 1.54) is 17.8 Å². The van der Waals surface area contributed by atoms with Gasteiger partial charge in [0, 0.05) is 39.3 Å². The van der Waals surface area contributed by atoms with Crippen LogP contribution < -0.4 is 5.32 Å². The van der Waals surface area contributed by atoms with E-state index in [2.05, 4.69) is 14.9 Å². The lowest BCUT2D eigenvalue weighted by Crippen LogP contribution is -2.19.